The van der Waals surface area contributed by atoms with Crippen molar-refractivity contribution < 1.29 is 14.3 Å². The molecule has 2 rings (SSSR count). The second-order valence-electron chi connectivity index (χ2n) is 5.49. The average molecular weight is 359 g/mol. The Balaban J connectivity index is 2.17. The number of carbonyl (C=O) groups is 2. The van der Waals surface area contributed by atoms with Gasteiger partial charge in [-0.1, -0.05) is 23.7 Å². The molecule has 6 heteroatoms. The second-order valence-corrected chi connectivity index (χ2v) is 5.93. The second kappa shape index (κ2) is 8.35. The van der Waals surface area contributed by atoms with E-state index >= 15 is 0 Å². The highest BCUT2D eigenvalue weighted by atomic mass is 35.5. The minimum Gasteiger partial charge on any atom is -0.495 e. The highest BCUT2D eigenvalue weighted by Crippen LogP contribution is 2.26. The number of hydrogen-bond acceptors (Lipinski definition) is 3. The molecule has 0 saturated carbocycles. The van der Waals surface area contributed by atoms with E-state index in [2.05, 4.69) is 5.32 Å². The molecule has 0 aliphatic heterocycles. The summed E-state index contributed by atoms with van der Waals surface area (Å²) in [7, 11) is 4.83. The summed E-state index contributed by atoms with van der Waals surface area (Å²) in [5.41, 5.74) is 1.74. The number of anilines is 1. The normalized spacial score (nSPS) is 10.6. The third-order valence-corrected chi connectivity index (χ3v) is 3.66. The van der Waals surface area contributed by atoms with Crippen molar-refractivity contribution in [2.45, 2.75) is 0 Å². The van der Waals surface area contributed by atoms with E-state index in [0.717, 1.165) is 5.56 Å². The van der Waals surface area contributed by atoms with Gasteiger partial charge in [0.2, 0.25) is 5.91 Å². The van der Waals surface area contributed by atoms with Gasteiger partial charge >= 0.3 is 0 Å². The molecule has 0 saturated heterocycles. The Bertz CT molecular complexity index is 799. The molecule has 0 heterocycles. The molecule has 130 valence electrons. The van der Waals surface area contributed by atoms with Crippen molar-refractivity contribution in [1.29, 1.82) is 0 Å². The van der Waals surface area contributed by atoms with Crippen molar-refractivity contribution in [2.75, 3.05) is 26.5 Å². The van der Waals surface area contributed by atoms with Crippen LogP contribution in [-0.2, 0) is 4.79 Å². The SMILES string of the molecule is COc1ccc(C(=O)N(C)C)cc1NC(=O)/C=C\c1ccc(Cl)cc1. The van der Waals surface area contributed by atoms with E-state index in [1.54, 1.807) is 50.5 Å². The maximum atomic E-state index is 12.2. The van der Waals surface area contributed by atoms with E-state index in [1.807, 2.05) is 12.1 Å². The van der Waals surface area contributed by atoms with Crippen LogP contribution < -0.4 is 10.1 Å². The van der Waals surface area contributed by atoms with E-state index < -0.39 is 0 Å². The highest BCUT2D eigenvalue weighted by Gasteiger charge is 2.12. The third kappa shape index (κ3) is 5.09. The van der Waals surface area contributed by atoms with Crippen LogP contribution in [0.1, 0.15) is 15.9 Å². The molecule has 0 spiro atoms. The fourth-order valence-electron chi connectivity index (χ4n) is 2.12. The van der Waals surface area contributed by atoms with Crippen molar-refractivity contribution >= 4 is 35.2 Å². The molecular weight excluding hydrogens is 340 g/mol. The van der Waals surface area contributed by atoms with Gasteiger partial charge in [0.1, 0.15) is 5.75 Å². The van der Waals surface area contributed by atoms with Crippen LogP contribution in [0.5, 0.6) is 5.75 Å². The Morgan fingerprint density at radius 3 is 2.40 bits per heavy atom. The lowest BCUT2D eigenvalue weighted by Gasteiger charge is -2.14. The van der Waals surface area contributed by atoms with E-state index in [-0.39, 0.29) is 11.8 Å². The molecule has 2 amide bonds. The van der Waals surface area contributed by atoms with Crippen LogP contribution >= 0.6 is 11.6 Å². The highest BCUT2D eigenvalue weighted by molar-refractivity contribution is 6.30. The van der Waals surface area contributed by atoms with Crippen molar-refractivity contribution in [3.63, 3.8) is 0 Å². The molecule has 0 aromatic heterocycles. The number of benzene rings is 2. The first kappa shape index (κ1) is 18.5. The molecule has 0 radical (unpaired) electrons. The van der Waals surface area contributed by atoms with E-state index in [0.29, 0.717) is 22.0 Å². The molecule has 2 aromatic rings. The molecule has 2 aromatic carbocycles. The lowest BCUT2D eigenvalue weighted by atomic mass is 10.1. The number of halogens is 1. The van der Waals surface area contributed by atoms with Crippen molar-refractivity contribution in [2.24, 2.45) is 0 Å². The minimum atomic E-state index is -0.331. The largest absolute Gasteiger partial charge is 0.495 e. The molecular formula is C19H19ClN2O3. The van der Waals surface area contributed by atoms with Gasteiger partial charge in [-0.15, -0.1) is 0 Å². The number of rotatable bonds is 5. The first-order valence-corrected chi connectivity index (χ1v) is 7.93. The Hall–Kier alpha value is -2.79. The van der Waals surface area contributed by atoms with Crippen LogP contribution in [-0.4, -0.2) is 37.9 Å². The minimum absolute atomic E-state index is 0.158. The summed E-state index contributed by atoms with van der Waals surface area (Å²) in [6.45, 7) is 0. The Morgan fingerprint density at radius 1 is 1.12 bits per heavy atom. The Labute approximate surface area is 151 Å². The summed E-state index contributed by atoms with van der Waals surface area (Å²) in [6, 6.07) is 12.0. The summed E-state index contributed by atoms with van der Waals surface area (Å²) in [4.78, 5) is 25.7. The number of carbonyl (C=O) groups excluding carboxylic acids is 2. The van der Waals surface area contributed by atoms with Gasteiger partial charge in [0.05, 0.1) is 12.8 Å². The van der Waals surface area contributed by atoms with Crippen LogP contribution in [0.2, 0.25) is 5.02 Å². The van der Waals surface area contributed by atoms with Crippen molar-refractivity contribution in [3.8, 4) is 5.75 Å². The van der Waals surface area contributed by atoms with E-state index in [4.69, 9.17) is 16.3 Å². The molecule has 25 heavy (non-hydrogen) atoms. The monoisotopic (exact) mass is 358 g/mol. The molecule has 0 aliphatic carbocycles. The van der Waals surface area contributed by atoms with Crippen LogP contribution in [0.3, 0.4) is 0 Å². The van der Waals surface area contributed by atoms with Crippen LogP contribution in [0.15, 0.2) is 48.5 Å². The van der Waals surface area contributed by atoms with Crippen LogP contribution in [0.4, 0.5) is 5.69 Å². The van der Waals surface area contributed by atoms with Gasteiger partial charge < -0.3 is 15.0 Å². The fraction of sp³-hybridized carbons (Fsp3) is 0.158. The number of ether oxygens (including phenoxy) is 1. The summed E-state index contributed by atoms with van der Waals surface area (Å²) in [5, 5.41) is 3.36. The number of nitrogens with zero attached hydrogens (tertiary/aromatic N) is 1. The molecule has 0 atom stereocenters. The zero-order chi connectivity index (χ0) is 18.4. The quantitative estimate of drug-likeness (QED) is 0.829. The van der Waals surface area contributed by atoms with Crippen molar-refractivity contribution in [1.82, 2.24) is 4.90 Å². The smallest absolute Gasteiger partial charge is 0.253 e. The maximum Gasteiger partial charge on any atom is 0.253 e. The summed E-state index contributed by atoms with van der Waals surface area (Å²) in [6.07, 6.45) is 3.08. The van der Waals surface area contributed by atoms with Gasteiger partial charge in [-0.05, 0) is 42.0 Å². The number of methoxy groups -OCH3 is 1. The maximum absolute atomic E-state index is 12.2. The molecule has 0 aliphatic rings. The van der Waals surface area contributed by atoms with Gasteiger partial charge in [0.15, 0.2) is 0 Å². The standard InChI is InChI=1S/C19H19ClN2O3/c1-22(2)19(24)14-7-10-17(25-3)16(12-14)21-18(23)11-6-13-4-8-15(20)9-5-13/h4-12H,1-3H3,(H,21,23)/b11-6-. The lowest BCUT2D eigenvalue weighted by molar-refractivity contribution is -0.111. The predicted octanol–water partition coefficient (Wildman–Crippen LogP) is 3.70. The zero-order valence-corrected chi connectivity index (χ0v) is 15.0. The summed E-state index contributed by atoms with van der Waals surface area (Å²) >= 11 is 5.83. The molecule has 1 N–H and O–H groups in total. The number of nitrogens with one attached hydrogen (secondary N) is 1. The fourth-order valence-corrected chi connectivity index (χ4v) is 2.24. The van der Waals surface area contributed by atoms with Crippen LogP contribution in [0, 0.1) is 0 Å². The van der Waals surface area contributed by atoms with Gasteiger partial charge in [-0.25, -0.2) is 0 Å². The Kier molecular flexibility index (Phi) is 6.19. The van der Waals surface area contributed by atoms with E-state index in [1.165, 1.54) is 18.1 Å². The van der Waals surface area contributed by atoms with Gasteiger partial charge in [-0.3, -0.25) is 9.59 Å². The Morgan fingerprint density at radius 2 is 1.80 bits per heavy atom. The summed E-state index contributed by atoms with van der Waals surface area (Å²) < 4.78 is 5.24. The molecule has 0 fully saturated rings. The van der Waals surface area contributed by atoms with Crippen LogP contribution in [0.25, 0.3) is 6.08 Å². The molecule has 0 unspecified atom stereocenters. The predicted molar refractivity (Wildman–Crippen MR) is 100 cm³/mol. The third-order valence-electron chi connectivity index (χ3n) is 3.41. The first-order valence-electron chi connectivity index (χ1n) is 7.55. The average Bonchev–Trinajstić information content (AvgIpc) is 2.60. The van der Waals surface area contributed by atoms with Gasteiger partial charge in [0, 0.05) is 30.8 Å². The first-order chi connectivity index (χ1) is 11.9. The zero-order valence-electron chi connectivity index (χ0n) is 14.2. The van der Waals surface area contributed by atoms with Crippen molar-refractivity contribution in [3.05, 3.63) is 64.7 Å². The number of amides is 2. The lowest BCUT2D eigenvalue weighted by Crippen LogP contribution is -2.22. The van der Waals surface area contributed by atoms with Gasteiger partial charge in [-0.2, -0.15) is 0 Å². The molecule has 0 bridgehead atoms. The molecule has 5 nitrogen and oxygen atoms in total. The topological polar surface area (TPSA) is 58.6 Å². The summed E-state index contributed by atoms with van der Waals surface area (Å²) in [5.74, 6) is -0.0129. The van der Waals surface area contributed by atoms with E-state index in [9.17, 15) is 9.59 Å². The van der Waals surface area contributed by atoms with Gasteiger partial charge in [0.25, 0.3) is 5.91 Å². The number of hydrogen-bond donors (Lipinski definition) is 1.